The van der Waals surface area contributed by atoms with Gasteiger partial charge in [0.2, 0.25) is 5.91 Å². The number of benzene rings is 2. The molecule has 0 saturated carbocycles. The molecular weight excluding hydrogens is 460 g/mol. The smallest absolute Gasteiger partial charge is 0.234 e. The number of methoxy groups -OCH3 is 1. The zero-order chi connectivity index (χ0) is 22.6. The number of thioether (sulfide) groups is 1. The number of nitrogens with zero attached hydrogens (tertiary/aromatic N) is 3. The number of carbonyl (C=O) groups excluding carboxylic acids is 1. The summed E-state index contributed by atoms with van der Waals surface area (Å²) in [5, 5.41) is 11.7. The Balaban J connectivity index is 1.65. The molecular formula is C20H21ClN4O4S2. The van der Waals surface area contributed by atoms with E-state index in [4.69, 9.17) is 16.3 Å². The second-order valence-electron chi connectivity index (χ2n) is 6.71. The fourth-order valence-corrected chi connectivity index (χ4v) is 4.90. The number of halogens is 1. The molecule has 2 aromatic carbocycles. The summed E-state index contributed by atoms with van der Waals surface area (Å²) in [6, 6.07) is 11.6. The number of ether oxygens (including phenoxy) is 1. The van der Waals surface area contributed by atoms with E-state index in [1.807, 2.05) is 6.92 Å². The molecule has 0 radical (unpaired) electrons. The van der Waals surface area contributed by atoms with Crippen LogP contribution in [0, 0.1) is 6.92 Å². The zero-order valence-electron chi connectivity index (χ0n) is 17.1. The molecule has 8 nitrogen and oxygen atoms in total. The van der Waals surface area contributed by atoms with Crippen molar-refractivity contribution in [2.45, 2.75) is 22.7 Å². The van der Waals surface area contributed by atoms with Gasteiger partial charge < -0.3 is 14.6 Å². The van der Waals surface area contributed by atoms with Gasteiger partial charge in [0.05, 0.1) is 23.4 Å². The number of rotatable bonds is 8. The van der Waals surface area contributed by atoms with Crippen LogP contribution in [-0.2, 0) is 27.4 Å². The second kappa shape index (κ2) is 9.71. The highest BCUT2D eigenvalue weighted by molar-refractivity contribution is 7.99. The van der Waals surface area contributed by atoms with Gasteiger partial charge in [0.1, 0.15) is 17.3 Å². The van der Waals surface area contributed by atoms with Gasteiger partial charge in [0.25, 0.3) is 0 Å². The molecule has 11 heteroatoms. The van der Waals surface area contributed by atoms with Crippen molar-refractivity contribution >= 4 is 44.8 Å². The van der Waals surface area contributed by atoms with Crippen LogP contribution in [0.1, 0.15) is 11.4 Å². The monoisotopic (exact) mass is 480 g/mol. The topological polar surface area (TPSA) is 103 Å². The van der Waals surface area contributed by atoms with Gasteiger partial charge >= 0.3 is 0 Å². The maximum absolute atomic E-state index is 12.7. The predicted molar refractivity (Wildman–Crippen MR) is 120 cm³/mol. The Labute approximate surface area is 189 Å². The molecule has 0 bridgehead atoms. The molecule has 0 saturated heterocycles. The van der Waals surface area contributed by atoms with Gasteiger partial charge in [-0.25, -0.2) is 8.42 Å². The van der Waals surface area contributed by atoms with E-state index in [-0.39, 0.29) is 22.3 Å². The van der Waals surface area contributed by atoms with Crippen LogP contribution in [0.3, 0.4) is 0 Å². The first-order valence-electron chi connectivity index (χ1n) is 9.13. The summed E-state index contributed by atoms with van der Waals surface area (Å²) >= 11 is 7.12. The van der Waals surface area contributed by atoms with E-state index >= 15 is 0 Å². The summed E-state index contributed by atoms with van der Waals surface area (Å²) < 4.78 is 32.1. The Morgan fingerprint density at radius 1 is 1.19 bits per heavy atom. The number of carbonyl (C=O) groups is 1. The Hall–Kier alpha value is -2.56. The van der Waals surface area contributed by atoms with Crippen LogP contribution in [-0.4, -0.2) is 42.0 Å². The number of anilines is 1. The third-order valence-electron chi connectivity index (χ3n) is 4.39. The predicted octanol–water partition coefficient (Wildman–Crippen LogP) is 3.49. The van der Waals surface area contributed by atoms with Gasteiger partial charge in [0, 0.05) is 12.1 Å². The molecule has 1 aromatic heterocycles. The molecule has 0 spiro atoms. The largest absolute Gasteiger partial charge is 0.495 e. The van der Waals surface area contributed by atoms with E-state index in [2.05, 4.69) is 15.5 Å². The number of hydrogen-bond donors (Lipinski definition) is 1. The molecule has 0 fully saturated rings. The molecule has 3 rings (SSSR count). The van der Waals surface area contributed by atoms with Crippen LogP contribution in [0.15, 0.2) is 52.5 Å². The molecule has 3 aromatic rings. The lowest BCUT2D eigenvalue weighted by Gasteiger charge is -2.10. The highest BCUT2D eigenvalue weighted by Gasteiger charge is 2.21. The average Bonchev–Trinajstić information content (AvgIpc) is 3.06. The minimum absolute atomic E-state index is 0.0480. The van der Waals surface area contributed by atoms with E-state index in [0.717, 1.165) is 17.3 Å². The lowest BCUT2D eigenvalue weighted by Crippen LogP contribution is -2.15. The minimum atomic E-state index is -3.56. The second-order valence-corrected chi connectivity index (χ2v) is 10.1. The molecule has 0 atom stereocenters. The zero-order valence-corrected chi connectivity index (χ0v) is 19.5. The van der Waals surface area contributed by atoms with Crippen molar-refractivity contribution in [1.29, 1.82) is 0 Å². The molecule has 0 aliphatic rings. The Bertz CT molecular complexity index is 1190. The van der Waals surface area contributed by atoms with E-state index in [9.17, 15) is 13.2 Å². The van der Waals surface area contributed by atoms with Crippen LogP contribution >= 0.6 is 23.4 Å². The van der Waals surface area contributed by atoms with Crippen molar-refractivity contribution in [3.8, 4) is 5.75 Å². The maximum atomic E-state index is 12.7. The summed E-state index contributed by atoms with van der Waals surface area (Å²) in [6.45, 7) is 1.89. The molecule has 0 unspecified atom stereocenters. The summed E-state index contributed by atoms with van der Waals surface area (Å²) in [6.07, 6.45) is 0. The standard InChI is InChI=1S/C20H21ClN4O4S2/c1-13-4-7-15(8-5-13)31(27,28)12-18-23-24-20(25(18)2)30-11-19(26)22-16-10-14(21)6-9-17(16)29-3/h4-10H,11-12H2,1-3H3,(H,22,26). The fraction of sp³-hybridized carbons (Fsp3) is 0.250. The highest BCUT2D eigenvalue weighted by atomic mass is 35.5. The Kier molecular flexibility index (Phi) is 7.24. The van der Waals surface area contributed by atoms with Gasteiger partial charge in [-0.15, -0.1) is 10.2 Å². The molecule has 164 valence electrons. The van der Waals surface area contributed by atoms with Crippen molar-refractivity contribution in [1.82, 2.24) is 14.8 Å². The highest BCUT2D eigenvalue weighted by Crippen LogP contribution is 2.28. The SMILES string of the molecule is COc1ccc(Cl)cc1NC(=O)CSc1nnc(CS(=O)(=O)c2ccc(C)cc2)n1C. The van der Waals surface area contributed by atoms with Gasteiger partial charge in [0.15, 0.2) is 15.0 Å². The molecule has 1 heterocycles. The van der Waals surface area contributed by atoms with E-state index < -0.39 is 9.84 Å². The molecule has 0 aliphatic carbocycles. The minimum Gasteiger partial charge on any atom is -0.495 e. The van der Waals surface area contributed by atoms with Crippen LogP contribution in [0.2, 0.25) is 5.02 Å². The van der Waals surface area contributed by atoms with Crippen molar-refractivity contribution in [3.05, 3.63) is 58.9 Å². The van der Waals surface area contributed by atoms with Gasteiger partial charge in [-0.3, -0.25) is 4.79 Å². The molecule has 1 N–H and O–H groups in total. The van der Waals surface area contributed by atoms with Crippen molar-refractivity contribution < 1.29 is 17.9 Å². The Morgan fingerprint density at radius 3 is 2.58 bits per heavy atom. The number of aromatic nitrogens is 3. The van der Waals surface area contributed by atoms with Gasteiger partial charge in [-0.2, -0.15) is 0 Å². The summed E-state index contributed by atoms with van der Waals surface area (Å²) in [5.41, 5.74) is 1.44. The number of aryl methyl sites for hydroxylation is 1. The van der Waals surface area contributed by atoms with Crippen LogP contribution in [0.5, 0.6) is 5.75 Å². The van der Waals surface area contributed by atoms with Gasteiger partial charge in [-0.1, -0.05) is 41.1 Å². The number of sulfone groups is 1. The normalized spacial score (nSPS) is 11.4. The summed E-state index contributed by atoms with van der Waals surface area (Å²) in [5.74, 6) is 0.255. The van der Waals surface area contributed by atoms with E-state index in [1.54, 1.807) is 54.1 Å². The van der Waals surface area contributed by atoms with Gasteiger partial charge in [-0.05, 0) is 37.3 Å². The van der Waals surface area contributed by atoms with E-state index in [0.29, 0.717) is 27.4 Å². The van der Waals surface area contributed by atoms with Crippen LogP contribution < -0.4 is 10.1 Å². The summed E-state index contributed by atoms with van der Waals surface area (Å²) in [4.78, 5) is 12.6. The lowest BCUT2D eigenvalue weighted by molar-refractivity contribution is -0.113. The van der Waals surface area contributed by atoms with Crippen molar-refractivity contribution in [2.75, 3.05) is 18.2 Å². The quantitative estimate of drug-likeness (QED) is 0.492. The average molecular weight is 481 g/mol. The number of nitrogens with one attached hydrogen (secondary N) is 1. The summed E-state index contributed by atoms with van der Waals surface area (Å²) in [7, 11) is -0.395. The fourth-order valence-electron chi connectivity index (χ4n) is 2.69. The first kappa shape index (κ1) is 23.1. The molecule has 1 amide bonds. The van der Waals surface area contributed by atoms with Crippen LogP contribution in [0.25, 0.3) is 0 Å². The first-order chi connectivity index (χ1) is 14.7. The van der Waals surface area contributed by atoms with Crippen molar-refractivity contribution in [3.63, 3.8) is 0 Å². The number of amides is 1. The maximum Gasteiger partial charge on any atom is 0.234 e. The third kappa shape index (κ3) is 5.78. The first-order valence-corrected chi connectivity index (χ1v) is 12.1. The molecule has 31 heavy (non-hydrogen) atoms. The van der Waals surface area contributed by atoms with E-state index in [1.165, 1.54) is 7.11 Å². The molecule has 0 aliphatic heterocycles. The number of hydrogen-bond acceptors (Lipinski definition) is 7. The van der Waals surface area contributed by atoms with Crippen molar-refractivity contribution in [2.24, 2.45) is 7.05 Å². The third-order valence-corrected chi connectivity index (χ3v) is 7.28. The Morgan fingerprint density at radius 2 is 1.90 bits per heavy atom. The lowest BCUT2D eigenvalue weighted by atomic mass is 10.2. The van der Waals surface area contributed by atoms with Crippen LogP contribution in [0.4, 0.5) is 5.69 Å².